The summed E-state index contributed by atoms with van der Waals surface area (Å²) < 4.78 is 10.9. The SMILES string of the molecule is CCOC(=O)C1(NC2CC2)CCCC(N2CCOCC2)C1. The second kappa shape index (κ2) is 6.63. The molecule has 1 heterocycles. The molecule has 2 atom stereocenters. The van der Waals surface area contributed by atoms with Crippen molar-refractivity contribution >= 4 is 5.97 Å². The van der Waals surface area contributed by atoms with Gasteiger partial charge in [-0.15, -0.1) is 0 Å². The van der Waals surface area contributed by atoms with Gasteiger partial charge in [-0.3, -0.25) is 15.0 Å². The van der Waals surface area contributed by atoms with Crippen LogP contribution in [0.15, 0.2) is 0 Å². The smallest absolute Gasteiger partial charge is 0.326 e. The highest BCUT2D eigenvalue weighted by molar-refractivity contribution is 5.81. The fourth-order valence-corrected chi connectivity index (χ4v) is 3.76. The van der Waals surface area contributed by atoms with Gasteiger partial charge < -0.3 is 9.47 Å². The van der Waals surface area contributed by atoms with E-state index in [4.69, 9.17) is 9.47 Å². The van der Waals surface area contributed by atoms with Crippen LogP contribution in [0, 0.1) is 0 Å². The van der Waals surface area contributed by atoms with Gasteiger partial charge in [0.15, 0.2) is 0 Å². The Balaban J connectivity index is 1.69. The highest BCUT2D eigenvalue weighted by Crippen LogP contribution is 2.36. The van der Waals surface area contributed by atoms with Gasteiger partial charge in [-0.05, 0) is 45.4 Å². The molecule has 3 rings (SSSR count). The maximum Gasteiger partial charge on any atom is 0.326 e. The molecule has 2 aliphatic carbocycles. The van der Waals surface area contributed by atoms with Gasteiger partial charge >= 0.3 is 5.97 Å². The van der Waals surface area contributed by atoms with Crippen molar-refractivity contribution in [1.29, 1.82) is 0 Å². The van der Waals surface area contributed by atoms with Crippen LogP contribution in [-0.4, -0.2) is 61.4 Å². The molecule has 120 valence electrons. The molecule has 1 saturated heterocycles. The number of ether oxygens (including phenoxy) is 2. The number of morpholine rings is 1. The van der Waals surface area contributed by atoms with Crippen molar-refractivity contribution in [3.8, 4) is 0 Å². The number of hydrogen-bond acceptors (Lipinski definition) is 5. The molecule has 5 nitrogen and oxygen atoms in total. The molecule has 3 fully saturated rings. The average molecular weight is 296 g/mol. The Morgan fingerprint density at radius 3 is 2.76 bits per heavy atom. The van der Waals surface area contributed by atoms with Crippen LogP contribution >= 0.6 is 0 Å². The molecule has 21 heavy (non-hydrogen) atoms. The monoisotopic (exact) mass is 296 g/mol. The minimum Gasteiger partial charge on any atom is -0.465 e. The molecular formula is C16H28N2O3. The molecule has 2 unspecified atom stereocenters. The van der Waals surface area contributed by atoms with Crippen LogP contribution in [0.4, 0.5) is 0 Å². The molecule has 0 spiro atoms. The number of esters is 1. The summed E-state index contributed by atoms with van der Waals surface area (Å²) in [6, 6.07) is 1.01. The molecule has 0 radical (unpaired) electrons. The van der Waals surface area contributed by atoms with E-state index < -0.39 is 5.54 Å². The zero-order valence-corrected chi connectivity index (χ0v) is 13.1. The summed E-state index contributed by atoms with van der Waals surface area (Å²) in [5.41, 5.74) is -0.446. The van der Waals surface area contributed by atoms with Crippen molar-refractivity contribution in [1.82, 2.24) is 10.2 Å². The topological polar surface area (TPSA) is 50.8 Å². The van der Waals surface area contributed by atoms with Crippen LogP contribution in [0.1, 0.15) is 45.4 Å². The molecule has 0 amide bonds. The van der Waals surface area contributed by atoms with E-state index in [2.05, 4.69) is 10.2 Å². The van der Waals surface area contributed by atoms with Crippen molar-refractivity contribution in [2.24, 2.45) is 0 Å². The summed E-state index contributed by atoms with van der Waals surface area (Å²) in [6.45, 7) is 5.98. The lowest BCUT2D eigenvalue weighted by Crippen LogP contribution is -2.60. The largest absolute Gasteiger partial charge is 0.465 e. The summed E-state index contributed by atoms with van der Waals surface area (Å²) in [5.74, 6) is -0.0325. The zero-order chi connectivity index (χ0) is 14.7. The lowest BCUT2D eigenvalue weighted by molar-refractivity contribution is -0.154. The van der Waals surface area contributed by atoms with Gasteiger partial charge in [0.05, 0.1) is 19.8 Å². The molecule has 0 aromatic heterocycles. The van der Waals surface area contributed by atoms with Crippen LogP contribution in [0.2, 0.25) is 0 Å². The standard InChI is InChI=1S/C16H28N2O3/c1-2-21-15(19)16(17-13-5-6-13)7-3-4-14(12-16)18-8-10-20-11-9-18/h13-14,17H,2-12H2,1H3. The minimum absolute atomic E-state index is 0.0325. The zero-order valence-electron chi connectivity index (χ0n) is 13.1. The second-order valence-corrected chi connectivity index (χ2v) is 6.62. The first kappa shape index (κ1) is 15.3. The number of hydrogen-bond donors (Lipinski definition) is 1. The molecular weight excluding hydrogens is 268 g/mol. The minimum atomic E-state index is -0.446. The Morgan fingerprint density at radius 1 is 1.33 bits per heavy atom. The summed E-state index contributed by atoms with van der Waals surface area (Å²) in [6.07, 6.45) is 6.49. The fraction of sp³-hybridized carbons (Fsp3) is 0.938. The van der Waals surface area contributed by atoms with E-state index in [9.17, 15) is 4.79 Å². The van der Waals surface area contributed by atoms with Crippen molar-refractivity contribution < 1.29 is 14.3 Å². The predicted octanol–water partition coefficient (Wildman–Crippen LogP) is 1.32. The number of rotatable bonds is 5. The normalized spacial score (nSPS) is 34.6. The van der Waals surface area contributed by atoms with Crippen LogP contribution < -0.4 is 5.32 Å². The number of nitrogens with one attached hydrogen (secondary N) is 1. The Kier molecular flexibility index (Phi) is 4.82. The lowest BCUT2D eigenvalue weighted by Gasteiger charge is -2.44. The van der Waals surface area contributed by atoms with E-state index in [0.717, 1.165) is 45.6 Å². The molecule has 0 bridgehead atoms. The molecule has 0 aromatic carbocycles. The Hall–Kier alpha value is -0.650. The second-order valence-electron chi connectivity index (χ2n) is 6.62. The fourth-order valence-electron chi connectivity index (χ4n) is 3.76. The Bertz CT molecular complexity index is 367. The van der Waals surface area contributed by atoms with Gasteiger partial charge in [0.1, 0.15) is 5.54 Å². The summed E-state index contributed by atoms with van der Waals surface area (Å²) in [4.78, 5) is 15.1. The quantitative estimate of drug-likeness (QED) is 0.775. The third-order valence-electron chi connectivity index (χ3n) is 5.01. The van der Waals surface area contributed by atoms with Gasteiger partial charge in [-0.1, -0.05) is 0 Å². The molecule has 5 heteroatoms. The molecule has 1 aliphatic heterocycles. The van der Waals surface area contributed by atoms with E-state index in [1.54, 1.807) is 0 Å². The van der Waals surface area contributed by atoms with Crippen LogP contribution in [0.25, 0.3) is 0 Å². The molecule has 3 aliphatic rings. The third-order valence-corrected chi connectivity index (χ3v) is 5.01. The Labute approximate surface area is 127 Å². The van der Waals surface area contributed by atoms with E-state index in [-0.39, 0.29) is 5.97 Å². The first-order chi connectivity index (χ1) is 10.2. The van der Waals surface area contributed by atoms with Crippen molar-refractivity contribution in [2.45, 2.75) is 63.1 Å². The van der Waals surface area contributed by atoms with Crippen LogP contribution in [0.5, 0.6) is 0 Å². The lowest BCUT2D eigenvalue weighted by atomic mass is 9.78. The van der Waals surface area contributed by atoms with Gasteiger partial charge in [0, 0.05) is 25.2 Å². The van der Waals surface area contributed by atoms with Crippen molar-refractivity contribution in [3.63, 3.8) is 0 Å². The van der Waals surface area contributed by atoms with E-state index in [1.165, 1.54) is 19.3 Å². The van der Waals surface area contributed by atoms with E-state index >= 15 is 0 Å². The number of carbonyl (C=O) groups excluding carboxylic acids is 1. The predicted molar refractivity (Wildman–Crippen MR) is 80.2 cm³/mol. The van der Waals surface area contributed by atoms with Gasteiger partial charge in [0.25, 0.3) is 0 Å². The maximum atomic E-state index is 12.6. The molecule has 1 N–H and O–H groups in total. The van der Waals surface area contributed by atoms with E-state index in [0.29, 0.717) is 18.7 Å². The van der Waals surface area contributed by atoms with Gasteiger partial charge in [0.2, 0.25) is 0 Å². The summed E-state index contributed by atoms with van der Waals surface area (Å²) >= 11 is 0. The highest BCUT2D eigenvalue weighted by Gasteiger charge is 2.47. The number of carbonyl (C=O) groups is 1. The molecule has 0 aromatic rings. The van der Waals surface area contributed by atoms with Gasteiger partial charge in [-0.25, -0.2) is 0 Å². The van der Waals surface area contributed by atoms with Crippen LogP contribution in [0.3, 0.4) is 0 Å². The Morgan fingerprint density at radius 2 is 2.10 bits per heavy atom. The third kappa shape index (κ3) is 3.58. The summed E-state index contributed by atoms with van der Waals surface area (Å²) in [7, 11) is 0. The van der Waals surface area contributed by atoms with Crippen LogP contribution in [-0.2, 0) is 14.3 Å². The summed E-state index contributed by atoms with van der Waals surface area (Å²) in [5, 5.41) is 3.63. The van der Waals surface area contributed by atoms with Crippen molar-refractivity contribution in [2.75, 3.05) is 32.9 Å². The first-order valence-electron chi connectivity index (χ1n) is 8.50. The molecule has 2 saturated carbocycles. The average Bonchev–Trinajstić information content (AvgIpc) is 3.32. The first-order valence-corrected chi connectivity index (χ1v) is 8.50. The van der Waals surface area contributed by atoms with Crippen molar-refractivity contribution in [3.05, 3.63) is 0 Å². The maximum absolute atomic E-state index is 12.6. The number of nitrogens with zero attached hydrogens (tertiary/aromatic N) is 1. The van der Waals surface area contributed by atoms with Gasteiger partial charge in [-0.2, -0.15) is 0 Å². The van der Waals surface area contributed by atoms with E-state index in [1.807, 2.05) is 6.92 Å². The highest BCUT2D eigenvalue weighted by atomic mass is 16.5.